The Labute approximate surface area is 157 Å². The van der Waals surface area contributed by atoms with Crippen LogP contribution in [0.3, 0.4) is 0 Å². The maximum Gasteiger partial charge on any atom is 0.573 e. The summed E-state index contributed by atoms with van der Waals surface area (Å²) in [4.78, 5) is 12.5. The van der Waals surface area contributed by atoms with Crippen molar-refractivity contribution in [3.63, 3.8) is 0 Å². The predicted octanol–water partition coefficient (Wildman–Crippen LogP) is 3.73. The number of aliphatic hydroxyl groups excluding tert-OH is 1. The minimum atomic E-state index is -4.90. The fourth-order valence-corrected chi connectivity index (χ4v) is 2.99. The van der Waals surface area contributed by atoms with E-state index in [1.54, 1.807) is 13.8 Å². The molecule has 2 aromatic rings. The van der Waals surface area contributed by atoms with Crippen LogP contribution in [0.5, 0.6) is 11.5 Å². The Hall–Kier alpha value is -2.81. The molecule has 0 spiro atoms. The third-order valence-corrected chi connectivity index (χ3v) is 4.32. The number of fused-ring (bicyclic) bond motifs is 1. The van der Waals surface area contributed by atoms with Crippen LogP contribution >= 0.6 is 0 Å². The zero-order chi connectivity index (χ0) is 20.7. The average molecular weight is 399 g/mol. The monoisotopic (exact) mass is 399 g/mol. The fraction of sp³-hybridized carbons (Fsp3) is 0.316. The van der Waals surface area contributed by atoms with E-state index in [4.69, 9.17) is 4.74 Å². The number of benzene rings is 2. The lowest BCUT2D eigenvalue weighted by Gasteiger charge is -2.42. The van der Waals surface area contributed by atoms with Crippen molar-refractivity contribution in [2.45, 2.75) is 38.0 Å². The lowest BCUT2D eigenvalue weighted by Crippen LogP contribution is -2.53. The van der Waals surface area contributed by atoms with Crippen molar-refractivity contribution in [3.8, 4) is 11.5 Å². The Morgan fingerprint density at radius 1 is 1.21 bits per heavy atom. The van der Waals surface area contributed by atoms with Gasteiger partial charge in [0, 0.05) is 11.1 Å². The number of halogens is 4. The van der Waals surface area contributed by atoms with Crippen LogP contribution < -0.4 is 14.8 Å². The number of aliphatic hydroxyl groups is 1. The topological polar surface area (TPSA) is 67.8 Å². The molecule has 9 heteroatoms. The summed E-state index contributed by atoms with van der Waals surface area (Å²) in [6, 6.07) is 7.17. The van der Waals surface area contributed by atoms with E-state index in [9.17, 15) is 27.5 Å². The van der Waals surface area contributed by atoms with E-state index in [1.807, 2.05) is 0 Å². The van der Waals surface area contributed by atoms with E-state index in [0.29, 0.717) is 0 Å². The summed E-state index contributed by atoms with van der Waals surface area (Å²) in [5.41, 5.74) is -1.03. The van der Waals surface area contributed by atoms with Crippen molar-refractivity contribution in [2.75, 3.05) is 0 Å². The van der Waals surface area contributed by atoms with Gasteiger partial charge in [-0.25, -0.2) is 4.39 Å². The first kappa shape index (κ1) is 19.9. The zero-order valence-corrected chi connectivity index (χ0v) is 14.9. The summed E-state index contributed by atoms with van der Waals surface area (Å²) >= 11 is 0. The van der Waals surface area contributed by atoms with Crippen LogP contribution in [-0.4, -0.2) is 29.1 Å². The molecule has 1 amide bonds. The van der Waals surface area contributed by atoms with E-state index < -0.39 is 41.6 Å². The normalized spacial score (nSPS) is 20.7. The van der Waals surface area contributed by atoms with Gasteiger partial charge in [0.1, 0.15) is 29.0 Å². The molecule has 0 unspecified atom stereocenters. The van der Waals surface area contributed by atoms with Crippen molar-refractivity contribution < 1.29 is 36.9 Å². The number of rotatable bonds is 3. The molecule has 1 aliphatic heterocycles. The highest BCUT2D eigenvalue weighted by molar-refractivity contribution is 5.94. The van der Waals surface area contributed by atoms with E-state index in [-0.39, 0.29) is 16.9 Å². The van der Waals surface area contributed by atoms with Gasteiger partial charge < -0.3 is 19.9 Å². The molecule has 2 atom stereocenters. The van der Waals surface area contributed by atoms with Gasteiger partial charge in [-0.3, -0.25) is 4.79 Å². The molecule has 5 nitrogen and oxygen atoms in total. The summed E-state index contributed by atoms with van der Waals surface area (Å²) in [5.74, 6) is -1.66. The minimum Gasteiger partial charge on any atom is -0.485 e. The number of carbonyl (C=O) groups is 1. The van der Waals surface area contributed by atoms with Crippen molar-refractivity contribution in [1.29, 1.82) is 0 Å². The lowest BCUT2D eigenvalue weighted by molar-refractivity contribution is -0.274. The summed E-state index contributed by atoms with van der Waals surface area (Å²) in [5, 5.41) is 13.2. The summed E-state index contributed by atoms with van der Waals surface area (Å²) in [6.07, 6.45) is -6.19. The van der Waals surface area contributed by atoms with Gasteiger partial charge in [0.25, 0.3) is 5.91 Å². The largest absolute Gasteiger partial charge is 0.573 e. The SMILES string of the molecule is CC1(C)Oc2ccc(OC(F)(F)F)cc2[C@H](NC(=O)c2cccc(F)c2)[C@H]1O. The molecule has 150 valence electrons. The number of alkyl halides is 3. The fourth-order valence-electron chi connectivity index (χ4n) is 2.99. The highest BCUT2D eigenvalue weighted by Crippen LogP contribution is 2.42. The van der Waals surface area contributed by atoms with Gasteiger partial charge in [0.05, 0.1) is 6.04 Å². The lowest BCUT2D eigenvalue weighted by atomic mass is 9.86. The molecule has 28 heavy (non-hydrogen) atoms. The molecule has 1 heterocycles. The van der Waals surface area contributed by atoms with Gasteiger partial charge in [-0.1, -0.05) is 6.07 Å². The molecule has 1 aliphatic rings. The molecule has 0 fully saturated rings. The number of amides is 1. The Kier molecular flexibility index (Phi) is 4.97. The van der Waals surface area contributed by atoms with Crippen LogP contribution in [0.4, 0.5) is 17.6 Å². The molecular formula is C19H17F4NO4. The first-order valence-corrected chi connectivity index (χ1v) is 8.29. The number of ether oxygens (including phenoxy) is 2. The van der Waals surface area contributed by atoms with Crippen molar-refractivity contribution in [1.82, 2.24) is 5.32 Å². The number of hydrogen-bond donors (Lipinski definition) is 2. The van der Waals surface area contributed by atoms with E-state index in [2.05, 4.69) is 10.1 Å². The Morgan fingerprint density at radius 2 is 1.93 bits per heavy atom. The highest BCUT2D eigenvalue weighted by atomic mass is 19.4. The van der Waals surface area contributed by atoms with Gasteiger partial charge in [0.15, 0.2) is 0 Å². The van der Waals surface area contributed by atoms with Gasteiger partial charge >= 0.3 is 6.36 Å². The predicted molar refractivity (Wildman–Crippen MR) is 90.4 cm³/mol. The van der Waals surface area contributed by atoms with Crippen molar-refractivity contribution in [3.05, 3.63) is 59.4 Å². The van der Waals surface area contributed by atoms with E-state index >= 15 is 0 Å². The van der Waals surface area contributed by atoms with Crippen LogP contribution in [0.15, 0.2) is 42.5 Å². The summed E-state index contributed by atoms with van der Waals surface area (Å²) in [6.45, 7) is 3.14. The first-order chi connectivity index (χ1) is 13.0. The third-order valence-electron chi connectivity index (χ3n) is 4.32. The molecular weight excluding hydrogens is 382 g/mol. The first-order valence-electron chi connectivity index (χ1n) is 8.29. The molecule has 2 aromatic carbocycles. The molecule has 2 N–H and O–H groups in total. The maximum absolute atomic E-state index is 13.4. The zero-order valence-electron chi connectivity index (χ0n) is 14.9. The molecule has 3 rings (SSSR count). The molecule has 0 saturated heterocycles. The number of carbonyl (C=O) groups excluding carboxylic acids is 1. The van der Waals surface area contributed by atoms with Gasteiger partial charge in [-0.2, -0.15) is 0 Å². The second kappa shape index (κ2) is 6.97. The standard InChI is InChI=1S/C19H17F4NO4/c1-18(2)16(25)15(24-17(26)10-4-3-5-11(20)8-10)13-9-12(27-19(21,22)23)6-7-14(13)28-18/h3-9,15-16,25H,1-2H3,(H,24,26)/t15-,16+/m0/s1. The van der Waals surface area contributed by atoms with Crippen molar-refractivity contribution >= 4 is 5.91 Å². The Morgan fingerprint density at radius 3 is 2.57 bits per heavy atom. The van der Waals surface area contributed by atoms with Crippen LogP contribution in [0, 0.1) is 5.82 Å². The molecule has 0 radical (unpaired) electrons. The number of hydrogen-bond acceptors (Lipinski definition) is 4. The Bertz CT molecular complexity index is 898. The van der Waals surface area contributed by atoms with E-state index in [0.717, 1.165) is 18.2 Å². The van der Waals surface area contributed by atoms with Gasteiger partial charge in [0.2, 0.25) is 0 Å². The third kappa shape index (κ3) is 4.19. The molecule has 0 saturated carbocycles. The average Bonchev–Trinajstić information content (AvgIpc) is 2.58. The maximum atomic E-state index is 13.4. The molecule has 0 bridgehead atoms. The van der Waals surface area contributed by atoms with E-state index in [1.165, 1.54) is 24.3 Å². The van der Waals surface area contributed by atoms with Gasteiger partial charge in [-0.05, 0) is 50.2 Å². The Balaban J connectivity index is 1.97. The number of nitrogens with one attached hydrogen (secondary N) is 1. The van der Waals surface area contributed by atoms with Crippen LogP contribution in [0.2, 0.25) is 0 Å². The molecule has 0 aliphatic carbocycles. The summed E-state index contributed by atoms with van der Waals surface area (Å²) in [7, 11) is 0. The highest BCUT2D eigenvalue weighted by Gasteiger charge is 2.44. The second-order valence-electron chi connectivity index (χ2n) is 6.86. The van der Waals surface area contributed by atoms with Crippen LogP contribution in [-0.2, 0) is 0 Å². The van der Waals surface area contributed by atoms with Crippen LogP contribution in [0.25, 0.3) is 0 Å². The van der Waals surface area contributed by atoms with Crippen LogP contribution in [0.1, 0.15) is 35.8 Å². The molecule has 0 aromatic heterocycles. The smallest absolute Gasteiger partial charge is 0.485 e. The minimum absolute atomic E-state index is 0.000689. The van der Waals surface area contributed by atoms with Crippen molar-refractivity contribution in [2.24, 2.45) is 0 Å². The summed E-state index contributed by atoms with van der Waals surface area (Å²) < 4.78 is 60.5. The van der Waals surface area contributed by atoms with Gasteiger partial charge in [-0.15, -0.1) is 13.2 Å². The second-order valence-corrected chi connectivity index (χ2v) is 6.86. The quantitative estimate of drug-likeness (QED) is 0.772.